The number of carbonyl (C=O) groups excluding carboxylic acids is 1. The fourth-order valence-electron chi connectivity index (χ4n) is 2.20. The van der Waals surface area contributed by atoms with Gasteiger partial charge < -0.3 is 9.26 Å². The maximum absolute atomic E-state index is 13.6. The van der Waals surface area contributed by atoms with E-state index in [0.717, 1.165) is 11.1 Å². The number of hydrogen-bond donors (Lipinski definition) is 1. The molecular formula is C19H17FN2O3. The van der Waals surface area contributed by atoms with Crippen LogP contribution in [0.1, 0.15) is 12.5 Å². The zero-order chi connectivity index (χ0) is 17.8. The van der Waals surface area contributed by atoms with Gasteiger partial charge in [-0.15, -0.1) is 0 Å². The van der Waals surface area contributed by atoms with E-state index in [4.69, 9.17) is 9.26 Å². The zero-order valence-electron chi connectivity index (χ0n) is 13.8. The van der Waals surface area contributed by atoms with E-state index in [1.165, 1.54) is 19.1 Å². The van der Waals surface area contributed by atoms with Gasteiger partial charge in [0.25, 0.3) is 5.91 Å². The molecule has 128 valence electrons. The van der Waals surface area contributed by atoms with Gasteiger partial charge in [-0.05, 0) is 26.0 Å². The number of para-hydroxylation sites is 1. The summed E-state index contributed by atoms with van der Waals surface area (Å²) in [4.78, 5) is 12.2. The fraction of sp³-hybridized carbons (Fsp3) is 0.158. The Morgan fingerprint density at radius 3 is 2.64 bits per heavy atom. The molecule has 0 saturated carbocycles. The number of aryl methyl sites for hydroxylation is 1. The molecule has 0 aliphatic rings. The third-order valence-electron chi connectivity index (χ3n) is 3.61. The lowest BCUT2D eigenvalue weighted by molar-refractivity contribution is -0.122. The van der Waals surface area contributed by atoms with Crippen LogP contribution in [0.4, 0.5) is 10.3 Å². The minimum atomic E-state index is -0.898. The Hall–Kier alpha value is -3.15. The molecule has 1 N–H and O–H groups in total. The highest BCUT2D eigenvalue weighted by molar-refractivity contribution is 5.93. The van der Waals surface area contributed by atoms with E-state index in [1.807, 2.05) is 31.2 Å². The topological polar surface area (TPSA) is 64.4 Å². The van der Waals surface area contributed by atoms with Crippen molar-refractivity contribution in [3.05, 3.63) is 66.0 Å². The highest BCUT2D eigenvalue weighted by Gasteiger charge is 2.18. The van der Waals surface area contributed by atoms with Gasteiger partial charge in [-0.25, -0.2) is 4.39 Å². The standard InChI is InChI=1S/C19H17FN2O3/c1-12-7-9-14(10-8-12)16-11-18(25-22-16)21-19(23)13(2)24-17-6-4-3-5-15(17)20/h3-11,13H,1-2H3,(H,21,23)/t13-/m1/s1. The van der Waals surface area contributed by atoms with Crippen molar-refractivity contribution in [3.8, 4) is 17.0 Å². The van der Waals surface area contributed by atoms with E-state index in [-0.39, 0.29) is 11.6 Å². The first-order valence-electron chi connectivity index (χ1n) is 7.79. The van der Waals surface area contributed by atoms with Crippen molar-refractivity contribution in [3.63, 3.8) is 0 Å². The fourth-order valence-corrected chi connectivity index (χ4v) is 2.20. The molecule has 6 heteroatoms. The van der Waals surface area contributed by atoms with Gasteiger partial charge in [0.2, 0.25) is 5.88 Å². The number of hydrogen-bond acceptors (Lipinski definition) is 4. The van der Waals surface area contributed by atoms with E-state index in [0.29, 0.717) is 5.69 Å². The molecule has 3 rings (SSSR count). The summed E-state index contributed by atoms with van der Waals surface area (Å²) < 4.78 is 24.0. The van der Waals surface area contributed by atoms with Crippen LogP contribution >= 0.6 is 0 Å². The molecule has 3 aromatic rings. The number of halogens is 1. The Labute approximate surface area is 144 Å². The van der Waals surface area contributed by atoms with Crippen LogP contribution in [0.15, 0.2) is 59.1 Å². The van der Waals surface area contributed by atoms with E-state index in [1.54, 1.807) is 18.2 Å². The van der Waals surface area contributed by atoms with Gasteiger partial charge in [0.05, 0.1) is 0 Å². The van der Waals surface area contributed by atoms with Crippen LogP contribution in [0, 0.1) is 12.7 Å². The number of aromatic nitrogens is 1. The predicted octanol–water partition coefficient (Wildman–Crippen LogP) is 4.20. The van der Waals surface area contributed by atoms with Gasteiger partial charge in [0.15, 0.2) is 17.7 Å². The number of rotatable bonds is 5. The molecule has 0 saturated heterocycles. The second-order valence-electron chi connectivity index (χ2n) is 5.62. The molecular weight excluding hydrogens is 323 g/mol. The van der Waals surface area contributed by atoms with Crippen LogP contribution in [0.25, 0.3) is 11.3 Å². The summed E-state index contributed by atoms with van der Waals surface area (Å²) in [5.41, 5.74) is 2.63. The predicted molar refractivity (Wildman–Crippen MR) is 91.8 cm³/mol. The first-order chi connectivity index (χ1) is 12.0. The summed E-state index contributed by atoms with van der Waals surface area (Å²) in [5, 5.41) is 6.50. The van der Waals surface area contributed by atoms with Crippen molar-refractivity contribution in [2.45, 2.75) is 20.0 Å². The van der Waals surface area contributed by atoms with E-state index < -0.39 is 17.8 Å². The number of ether oxygens (including phenoxy) is 1. The smallest absolute Gasteiger partial charge is 0.267 e. The number of anilines is 1. The van der Waals surface area contributed by atoms with Crippen LogP contribution in [0.3, 0.4) is 0 Å². The van der Waals surface area contributed by atoms with Crippen molar-refractivity contribution in [2.75, 3.05) is 5.32 Å². The maximum atomic E-state index is 13.6. The summed E-state index contributed by atoms with van der Waals surface area (Å²) in [5.74, 6) is -0.772. The first kappa shape index (κ1) is 16.7. The molecule has 1 atom stereocenters. The van der Waals surface area contributed by atoms with Crippen molar-refractivity contribution in [1.82, 2.24) is 5.16 Å². The molecule has 0 radical (unpaired) electrons. The van der Waals surface area contributed by atoms with Crippen LogP contribution in [-0.2, 0) is 4.79 Å². The average molecular weight is 340 g/mol. The lowest BCUT2D eigenvalue weighted by atomic mass is 10.1. The maximum Gasteiger partial charge on any atom is 0.267 e. The summed E-state index contributed by atoms with van der Waals surface area (Å²) in [6, 6.07) is 15.3. The van der Waals surface area contributed by atoms with E-state index in [2.05, 4.69) is 10.5 Å². The zero-order valence-corrected chi connectivity index (χ0v) is 13.8. The molecule has 0 aliphatic carbocycles. The Morgan fingerprint density at radius 2 is 1.92 bits per heavy atom. The SMILES string of the molecule is Cc1ccc(-c2cc(NC(=O)[C@@H](C)Oc3ccccc3F)on2)cc1. The Bertz CT molecular complexity index is 874. The molecule has 0 fully saturated rings. The van der Waals surface area contributed by atoms with Crippen molar-refractivity contribution in [2.24, 2.45) is 0 Å². The van der Waals surface area contributed by atoms with Crippen molar-refractivity contribution < 1.29 is 18.4 Å². The van der Waals surface area contributed by atoms with Crippen LogP contribution < -0.4 is 10.1 Å². The van der Waals surface area contributed by atoms with Gasteiger partial charge in [-0.3, -0.25) is 10.1 Å². The number of carbonyl (C=O) groups is 1. The summed E-state index contributed by atoms with van der Waals surface area (Å²) in [6.07, 6.45) is -0.898. The van der Waals surface area contributed by atoms with Crippen LogP contribution in [0.5, 0.6) is 5.75 Å². The van der Waals surface area contributed by atoms with Crippen molar-refractivity contribution >= 4 is 11.8 Å². The normalized spacial score (nSPS) is 11.8. The molecule has 25 heavy (non-hydrogen) atoms. The van der Waals surface area contributed by atoms with Gasteiger partial charge >= 0.3 is 0 Å². The second-order valence-corrected chi connectivity index (χ2v) is 5.62. The average Bonchev–Trinajstić information content (AvgIpc) is 3.06. The second kappa shape index (κ2) is 7.17. The molecule has 1 aromatic heterocycles. The van der Waals surface area contributed by atoms with Gasteiger partial charge in [-0.2, -0.15) is 0 Å². The van der Waals surface area contributed by atoms with Gasteiger partial charge in [0.1, 0.15) is 5.69 Å². The molecule has 0 unspecified atom stereocenters. The minimum absolute atomic E-state index is 0.0167. The lowest BCUT2D eigenvalue weighted by Crippen LogP contribution is -2.30. The Balaban J connectivity index is 1.65. The molecule has 5 nitrogen and oxygen atoms in total. The molecule has 1 heterocycles. The quantitative estimate of drug-likeness (QED) is 0.756. The molecule has 0 spiro atoms. The summed E-state index contributed by atoms with van der Waals surface area (Å²) >= 11 is 0. The number of amides is 1. The number of nitrogens with one attached hydrogen (secondary N) is 1. The molecule has 0 aliphatic heterocycles. The Kier molecular flexibility index (Phi) is 4.79. The molecule has 0 bridgehead atoms. The summed E-state index contributed by atoms with van der Waals surface area (Å²) in [7, 11) is 0. The Morgan fingerprint density at radius 1 is 1.20 bits per heavy atom. The molecule has 2 aromatic carbocycles. The van der Waals surface area contributed by atoms with Gasteiger partial charge in [-0.1, -0.05) is 47.1 Å². The number of nitrogens with zero attached hydrogens (tertiary/aromatic N) is 1. The monoisotopic (exact) mass is 340 g/mol. The van der Waals surface area contributed by atoms with Crippen LogP contribution in [-0.4, -0.2) is 17.2 Å². The third-order valence-corrected chi connectivity index (χ3v) is 3.61. The summed E-state index contributed by atoms with van der Waals surface area (Å²) in [6.45, 7) is 3.52. The lowest BCUT2D eigenvalue weighted by Gasteiger charge is -2.13. The minimum Gasteiger partial charge on any atom is -0.478 e. The van der Waals surface area contributed by atoms with Crippen molar-refractivity contribution in [1.29, 1.82) is 0 Å². The van der Waals surface area contributed by atoms with Crippen LogP contribution in [0.2, 0.25) is 0 Å². The van der Waals surface area contributed by atoms with E-state index in [9.17, 15) is 9.18 Å². The largest absolute Gasteiger partial charge is 0.478 e. The first-order valence-corrected chi connectivity index (χ1v) is 7.79. The molecule has 1 amide bonds. The highest BCUT2D eigenvalue weighted by Crippen LogP contribution is 2.22. The highest BCUT2D eigenvalue weighted by atomic mass is 19.1. The van der Waals surface area contributed by atoms with E-state index >= 15 is 0 Å². The van der Waals surface area contributed by atoms with Gasteiger partial charge in [0, 0.05) is 11.6 Å². The number of benzene rings is 2. The third kappa shape index (κ3) is 4.03.